The number of hydrogen-bond donors (Lipinski definition) is 1. The summed E-state index contributed by atoms with van der Waals surface area (Å²) in [5.41, 5.74) is 0.803. The molecule has 1 N–H and O–H groups in total. The Morgan fingerprint density at radius 3 is 3.21 bits per heavy atom. The molecule has 0 aliphatic carbocycles. The average Bonchev–Trinajstić information content (AvgIpc) is 2.96. The fourth-order valence-electron chi connectivity index (χ4n) is 1.88. The van der Waals surface area contributed by atoms with Gasteiger partial charge in [0.25, 0.3) is 5.91 Å². The minimum absolute atomic E-state index is 0.0716. The molecule has 0 bridgehead atoms. The van der Waals surface area contributed by atoms with E-state index >= 15 is 0 Å². The second-order valence-electron chi connectivity index (χ2n) is 4.30. The van der Waals surface area contributed by atoms with E-state index in [1.165, 1.54) is 6.08 Å². The van der Waals surface area contributed by atoms with Gasteiger partial charge in [-0.1, -0.05) is 6.07 Å². The first-order valence-electron chi connectivity index (χ1n) is 6.21. The molecular formula is C14H15N3O2. The Kier molecular flexibility index (Phi) is 4.65. The van der Waals surface area contributed by atoms with Gasteiger partial charge in [-0.2, -0.15) is 5.26 Å². The van der Waals surface area contributed by atoms with Crippen LogP contribution in [0.5, 0.6) is 0 Å². The number of hydrogen-bond acceptors (Lipinski definition) is 4. The van der Waals surface area contributed by atoms with Crippen molar-refractivity contribution in [2.24, 2.45) is 0 Å². The molecule has 0 spiro atoms. The zero-order valence-electron chi connectivity index (χ0n) is 10.5. The van der Waals surface area contributed by atoms with Gasteiger partial charge in [0, 0.05) is 25.5 Å². The van der Waals surface area contributed by atoms with Crippen LogP contribution >= 0.6 is 0 Å². The van der Waals surface area contributed by atoms with E-state index in [-0.39, 0.29) is 17.6 Å². The summed E-state index contributed by atoms with van der Waals surface area (Å²) in [5, 5.41) is 11.7. The number of amides is 1. The van der Waals surface area contributed by atoms with E-state index in [1.54, 1.807) is 24.5 Å². The molecule has 1 fully saturated rings. The fourth-order valence-corrected chi connectivity index (χ4v) is 1.88. The molecule has 1 aliphatic heterocycles. The molecule has 0 radical (unpaired) electrons. The summed E-state index contributed by atoms with van der Waals surface area (Å²) < 4.78 is 5.41. The lowest BCUT2D eigenvalue weighted by atomic mass is 10.1. The quantitative estimate of drug-likeness (QED) is 0.651. The molecule has 0 saturated carbocycles. The second-order valence-corrected chi connectivity index (χ2v) is 4.30. The number of rotatable bonds is 4. The van der Waals surface area contributed by atoms with Gasteiger partial charge in [-0.15, -0.1) is 0 Å². The predicted molar refractivity (Wildman–Crippen MR) is 69.8 cm³/mol. The van der Waals surface area contributed by atoms with E-state index in [2.05, 4.69) is 10.3 Å². The molecule has 1 amide bonds. The Labute approximate surface area is 111 Å². The van der Waals surface area contributed by atoms with Crippen LogP contribution < -0.4 is 5.32 Å². The van der Waals surface area contributed by atoms with Crippen LogP contribution in [0.15, 0.2) is 30.1 Å². The average molecular weight is 257 g/mol. The van der Waals surface area contributed by atoms with Crippen LogP contribution in [0.25, 0.3) is 6.08 Å². The highest BCUT2D eigenvalue weighted by molar-refractivity contribution is 6.01. The molecule has 1 aromatic heterocycles. The molecule has 98 valence electrons. The van der Waals surface area contributed by atoms with Crippen LogP contribution in [0.2, 0.25) is 0 Å². The molecule has 19 heavy (non-hydrogen) atoms. The second kappa shape index (κ2) is 6.66. The third-order valence-corrected chi connectivity index (χ3v) is 2.87. The molecular weight excluding hydrogens is 242 g/mol. The van der Waals surface area contributed by atoms with Gasteiger partial charge in [0.2, 0.25) is 0 Å². The number of carbonyl (C=O) groups excluding carboxylic acids is 1. The van der Waals surface area contributed by atoms with Crippen molar-refractivity contribution in [3.8, 4) is 6.07 Å². The number of aromatic nitrogens is 1. The number of ether oxygens (including phenoxy) is 1. The minimum atomic E-state index is -0.373. The number of pyridine rings is 1. The normalized spacial score (nSPS) is 18.9. The number of nitriles is 1. The monoisotopic (exact) mass is 257 g/mol. The molecule has 5 nitrogen and oxygen atoms in total. The SMILES string of the molecule is N#C/C(=C\c1cccnc1)C(=O)NC[C@H]1CCCO1. The maximum absolute atomic E-state index is 11.9. The number of nitrogens with zero attached hydrogens (tertiary/aromatic N) is 2. The largest absolute Gasteiger partial charge is 0.376 e. The molecule has 1 aliphatic rings. The summed E-state index contributed by atoms with van der Waals surface area (Å²) in [4.78, 5) is 15.8. The Morgan fingerprint density at radius 1 is 1.68 bits per heavy atom. The third kappa shape index (κ3) is 3.90. The molecule has 2 heterocycles. The van der Waals surface area contributed by atoms with Crippen LogP contribution in [0.3, 0.4) is 0 Å². The minimum Gasteiger partial charge on any atom is -0.376 e. The molecule has 0 aromatic carbocycles. The van der Waals surface area contributed by atoms with E-state index in [4.69, 9.17) is 10.00 Å². The third-order valence-electron chi connectivity index (χ3n) is 2.87. The Bertz CT molecular complexity index is 499. The Hall–Kier alpha value is -2.19. The van der Waals surface area contributed by atoms with Crippen LogP contribution in [-0.2, 0) is 9.53 Å². The first-order chi connectivity index (χ1) is 9.29. The zero-order chi connectivity index (χ0) is 13.5. The summed E-state index contributed by atoms with van der Waals surface area (Å²) >= 11 is 0. The predicted octanol–water partition coefficient (Wildman–Crippen LogP) is 1.28. The summed E-state index contributed by atoms with van der Waals surface area (Å²) in [6, 6.07) is 5.45. The number of nitrogens with one attached hydrogen (secondary N) is 1. The standard InChI is InChI=1S/C14H15N3O2/c15-8-12(7-11-3-1-5-16-9-11)14(18)17-10-13-4-2-6-19-13/h1,3,5,7,9,13H,2,4,6,10H2,(H,17,18)/b12-7+/t13-/m1/s1. The highest BCUT2D eigenvalue weighted by atomic mass is 16.5. The van der Waals surface area contributed by atoms with Crippen molar-refractivity contribution in [2.75, 3.05) is 13.2 Å². The van der Waals surface area contributed by atoms with Crippen molar-refractivity contribution in [3.63, 3.8) is 0 Å². The smallest absolute Gasteiger partial charge is 0.262 e. The van der Waals surface area contributed by atoms with Gasteiger partial charge < -0.3 is 10.1 Å². The van der Waals surface area contributed by atoms with Crippen molar-refractivity contribution >= 4 is 12.0 Å². The summed E-state index contributed by atoms with van der Waals surface area (Å²) in [6.07, 6.45) is 6.82. The van der Waals surface area contributed by atoms with Crippen LogP contribution in [0.1, 0.15) is 18.4 Å². The van der Waals surface area contributed by atoms with Crippen molar-refractivity contribution in [1.29, 1.82) is 5.26 Å². The van der Waals surface area contributed by atoms with Crippen molar-refractivity contribution in [1.82, 2.24) is 10.3 Å². The first kappa shape index (κ1) is 13.2. The van der Waals surface area contributed by atoms with Gasteiger partial charge in [0.15, 0.2) is 0 Å². The van der Waals surface area contributed by atoms with Gasteiger partial charge in [-0.25, -0.2) is 0 Å². The highest BCUT2D eigenvalue weighted by Gasteiger charge is 2.17. The highest BCUT2D eigenvalue weighted by Crippen LogP contribution is 2.11. The lowest BCUT2D eigenvalue weighted by Gasteiger charge is -2.10. The molecule has 2 rings (SSSR count). The van der Waals surface area contributed by atoms with Gasteiger partial charge in [0.1, 0.15) is 11.6 Å². The van der Waals surface area contributed by atoms with Crippen molar-refractivity contribution in [3.05, 3.63) is 35.7 Å². The van der Waals surface area contributed by atoms with Crippen molar-refractivity contribution in [2.45, 2.75) is 18.9 Å². The summed E-state index contributed by atoms with van der Waals surface area (Å²) in [7, 11) is 0. The molecule has 5 heteroatoms. The van der Waals surface area contributed by atoms with Crippen LogP contribution in [0, 0.1) is 11.3 Å². The van der Waals surface area contributed by atoms with E-state index in [0.29, 0.717) is 6.54 Å². The summed E-state index contributed by atoms with van der Waals surface area (Å²) in [6.45, 7) is 1.20. The lowest BCUT2D eigenvalue weighted by molar-refractivity contribution is -0.117. The molecule has 0 unspecified atom stereocenters. The lowest BCUT2D eigenvalue weighted by Crippen LogP contribution is -2.32. The zero-order valence-corrected chi connectivity index (χ0v) is 10.5. The van der Waals surface area contributed by atoms with Gasteiger partial charge in [0.05, 0.1) is 6.10 Å². The Morgan fingerprint density at radius 2 is 2.58 bits per heavy atom. The van der Waals surface area contributed by atoms with E-state index in [0.717, 1.165) is 25.0 Å². The number of carbonyl (C=O) groups is 1. The van der Waals surface area contributed by atoms with Gasteiger partial charge in [-0.3, -0.25) is 9.78 Å². The maximum Gasteiger partial charge on any atom is 0.262 e. The maximum atomic E-state index is 11.9. The van der Waals surface area contributed by atoms with Gasteiger partial charge in [-0.05, 0) is 30.5 Å². The molecule has 1 saturated heterocycles. The van der Waals surface area contributed by atoms with E-state index in [1.807, 2.05) is 6.07 Å². The molecule has 1 atom stereocenters. The van der Waals surface area contributed by atoms with E-state index < -0.39 is 0 Å². The van der Waals surface area contributed by atoms with Crippen molar-refractivity contribution < 1.29 is 9.53 Å². The first-order valence-corrected chi connectivity index (χ1v) is 6.21. The van der Waals surface area contributed by atoms with E-state index in [9.17, 15) is 4.79 Å². The topological polar surface area (TPSA) is 75.0 Å². The van der Waals surface area contributed by atoms with Crippen LogP contribution in [0.4, 0.5) is 0 Å². The fraction of sp³-hybridized carbons (Fsp3) is 0.357. The summed E-state index contributed by atoms with van der Waals surface area (Å²) in [5.74, 6) is -0.373. The Balaban J connectivity index is 1.95. The van der Waals surface area contributed by atoms with Gasteiger partial charge >= 0.3 is 0 Å². The molecule has 1 aromatic rings. The van der Waals surface area contributed by atoms with Crippen LogP contribution in [-0.4, -0.2) is 30.1 Å².